The van der Waals surface area contributed by atoms with Gasteiger partial charge in [0.05, 0.1) is 30.6 Å². The Balaban J connectivity index is 1.30. The lowest BCUT2D eigenvalue weighted by Crippen LogP contribution is -2.25. The topological polar surface area (TPSA) is 117 Å². The predicted molar refractivity (Wildman–Crippen MR) is 132 cm³/mol. The molecule has 1 saturated heterocycles. The van der Waals surface area contributed by atoms with Gasteiger partial charge < -0.3 is 19.3 Å². The van der Waals surface area contributed by atoms with Crippen LogP contribution in [0, 0.1) is 6.92 Å². The first-order chi connectivity index (χ1) is 17.3. The van der Waals surface area contributed by atoms with Gasteiger partial charge in [-0.2, -0.15) is 10.1 Å². The third kappa shape index (κ3) is 5.08. The lowest BCUT2D eigenvalue weighted by molar-refractivity contribution is 0.0256. The zero-order valence-electron chi connectivity index (χ0n) is 20.9. The molecular formula is C26H30N6O4. The first-order valence-electron chi connectivity index (χ1n) is 12.1. The highest BCUT2D eigenvalue weighted by Gasteiger charge is 2.24. The minimum absolute atomic E-state index is 0.0320. The molecule has 0 atom stereocenters. The molecule has 0 unspecified atom stereocenters. The maximum Gasteiger partial charge on any atom is 0.292 e. The summed E-state index contributed by atoms with van der Waals surface area (Å²) in [6.45, 7) is 9.65. The van der Waals surface area contributed by atoms with E-state index in [1.807, 2.05) is 52.1 Å². The van der Waals surface area contributed by atoms with Crippen LogP contribution in [0.25, 0.3) is 16.8 Å². The van der Waals surface area contributed by atoms with Crippen LogP contribution in [0.2, 0.25) is 0 Å². The molecule has 3 aromatic heterocycles. The Morgan fingerprint density at radius 1 is 1.22 bits per heavy atom. The third-order valence-electron chi connectivity index (χ3n) is 6.18. The van der Waals surface area contributed by atoms with E-state index in [1.165, 1.54) is 0 Å². The van der Waals surface area contributed by atoms with Crippen LogP contribution in [0.5, 0.6) is 5.75 Å². The standard InChI is InChI=1S/C26H30N6O4/c1-16-11-17(5-6-18(16)13-27-24(33)23-30-25(36-31-23)26(2,3)4)22-21-12-20(14-32(21)29-15-28-22)35-19-7-9-34-10-8-19/h5-6,11-12,14-15,19H,7-10,13H2,1-4H3,(H,27,33). The van der Waals surface area contributed by atoms with E-state index >= 15 is 0 Å². The molecule has 188 valence electrons. The van der Waals surface area contributed by atoms with E-state index in [4.69, 9.17) is 14.0 Å². The predicted octanol–water partition coefficient (Wildman–Crippen LogP) is 3.87. The fraction of sp³-hybridized carbons (Fsp3) is 0.423. The Morgan fingerprint density at radius 3 is 2.75 bits per heavy atom. The maximum absolute atomic E-state index is 12.5. The second kappa shape index (κ2) is 9.69. The molecule has 1 aromatic carbocycles. The van der Waals surface area contributed by atoms with E-state index in [0.29, 0.717) is 12.4 Å². The van der Waals surface area contributed by atoms with Gasteiger partial charge in [-0.05, 0) is 24.1 Å². The van der Waals surface area contributed by atoms with Gasteiger partial charge >= 0.3 is 0 Å². The number of aryl methyl sites for hydroxylation is 1. The van der Waals surface area contributed by atoms with Gasteiger partial charge in [-0.3, -0.25) is 4.79 Å². The molecule has 1 fully saturated rings. The zero-order valence-corrected chi connectivity index (χ0v) is 20.9. The average molecular weight is 491 g/mol. The maximum atomic E-state index is 12.5. The van der Waals surface area contributed by atoms with Crippen molar-refractivity contribution in [2.45, 2.75) is 58.6 Å². The summed E-state index contributed by atoms with van der Waals surface area (Å²) in [5, 5.41) is 11.0. The smallest absolute Gasteiger partial charge is 0.292 e. The summed E-state index contributed by atoms with van der Waals surface area (Å²) in [6, 6.07) is 8.02. The van der Waals surface area contributed by atoms with Crippen molar-refractivity contribution >= 4 is 11.4 Å². The van der Waals surface area contributed by atoms with Gasteiger partial charge in [0, 0.05) is 36.4 Å². The van der Waals surface area contributed by atoms with Gasteiger partial charge in [0.25, 0.3) is 11.7 Å². The largest absolute Gasteiger partial charge is 0.489 e. The van der Waals surface area contributed by atoms with E-state index in [9.17, 15) is 4.79 Å². The average Bonchev–Trinajstić information content (AvgIpc) is 3.51. The monoisotopic (exact) mass is 490 g/mol. The molecular weight excluding hydrogens is 460 g/mol. The third-order valence-corrected chi connectivity index (χ3v) is 6.18. The molecule has 36 heavy (non-hydrogen) atoms. The quantitative estimate of drug-likeness (QED) is 0.433. The molecule has 10 nitrogen and oxygen atoms in total. The van der Waals surface area contributed by atoms with Crippen LogP contribution in [0.4, 0.5) is 0 Å². The van der Waals surface area contributed by atoms with E-state index in [1.54, 1.807) is 10.8 Å². The van der Waals surface area contributed by atoms with Gasteiger partial charge in [-0.15, -0.1) is 0 Å². The van der Waals surface area contributed by atoms with E-state index in [-0.39, 0.29) is 23.3 Å². The molecule has 0 aliphatic carbocycles. The molecule has 0 radical (unpaired) electrons. The SMILES string of the molecule is Cc1cc(-c2ncnn3cc(OC4CCOCC4)cc23)ccc1CNC(=O)c1noc(C(C)(C)C)n1. The van der Waals surface area contributed by atoms with Crippen LogP contribution < -0.4 is 10.1 Å². The summed E-state index contributed by atoms with van der Waals surface area (Å²) in [5.41, 5.74) is 4.33. The van der Waals surface area contributed by atoms with Crippen molar-refractivity contribution in [3.05, 3.63) is 59.6 Å². The van der Waals surface area contributed by atoms with E-state index in [2.05, 4.69) is 31.6 Å². The molecule has 4 heterocycles. The number of hydrogen-bond donors (Lipinski definition) is 1. The number of amides is 1. The van der Waals surface area contributed by atoms with Crippen molar-refractivity contribution in [2.75, 3.05) is 13.2 Å². The van der Waals surface area contributed by atoms with Crippen molar-refractivity contribution in [3.63, 3.8) is 0 Å². The lowest BCUT2D eigenvalue weighted by Gasteiger charge is -2.22. The molecule has 0 bridgehead atoms. The highest BCUT2D eigenvalue weighted by Crippen LogP contribution is 2.29. The summed E-state index contributed by atoms with van der Waals surface area (Å²) >= 11 is 0. The van der Waals surface area contributed by atoms with Crippen LogP contribution >= 0.6 is 0 Å². The Labute approximate surface area is 209 Å². The van der Waals surface area contributed by atoms with Crippen LogP contribution in [0.15, 0.2) is 41.3 Å². The number of fused-ring (bicyclic) bond motifs is 1. The molecule has 0 saturated carbocycles. The minimum Gasteiger partial charge on any atom is -0.489 e. The highest BCUT2D eigenvalue weighted by molar-refractivity contribution is 5.90. The number of carbonyl (C=O) groups excluding carboxylic acids is 1. The summed E-state index contributed by atoms with van der Waals surface area (Å²) in [6.07, 6.45) is 5.34. The summed E-state index contributed by atoms with van der Waals surface area (Å²) in [5.74, 6) is 0.858. The number of ether oxygens (including phenoxy) is 2. The Kier molecular flexibility index (Phi) is 6.44. The molecule has 1 aliphatic rings. The number of nitrogens with one attached hydrogen (secondary N) is 1. The van der Waals surface area contributed by atoms with Gasteiger partial charge in [-0.25, -0.2) is 9.50 Å². The van der Waals surface area contributed by atoms with Gasteiger partial charge in [-0.1, -0.05) is 38.1 Å². The Hall–Kier alpha value is -3.79. The fourth-order valence-corrected chi connectivity index (χ4v) is 4.10. The van der Waals surface area contributed by atoms with Gasteiger partial charge in [0.15, 0.2) is 0 Å². The molecule has 1 amide bonds. The lowest BCUT2D eigenvalue weighted by atomic mass is 9.97. The molecule has 4 aromatic rings. The van der Waals surface area contributed by atoms with Crippen molar-refractivity contribution in [1.29, 1.82) is 0 Å². The Morgan fingerprint density at radius 2 is 2.03 bits per heavy atom. The normalized spacial score (nSPS) is 14.8. The summed E-state index contributed by atoms with van der Waals surface area (Å²) in [7, 11) is 0. The van der Waals surface area contributed by atoms with Crippen LogP contribution in [0.3, 0.4) is 0 Å². The van der Waals surface area contributed by atoms with E-state index < -0.39 is 0 Å². The Bertz CT molecular complexity index is 1380. The number of benzene rings is 1. The van der Waals surface area contributed by atoms with Gasteiger partial charge in [0.1, 0.15) is 18.2 Å². The second-order valence-electron chi connectivity index (χ2n) is 10.0. The zero-order chi connectivity index (χ0) is 25.3. The molecule has 10 heteroatoms. The van der Waals surface area contributed by atoms with Crippen LogP contribution in [-0.2, 0) is 16.7 Å². The number of hydrogen-bond acceptors (Lipinski definition) is 8. The summed E-state index contributed by atoms with van der Waals surface area (Å²) in [4.78, 5) is 21.3. The number of rotatable bonds is 6. The van der Waals surface area contributed by atoms with Crippen molar-refractivity contribution in [1.82, 2.24) is 30.1 Å². The highest BCUT2D eigenvalue weighted by atomic mass is 16.5. The molecule has 1 aliphatic heterocycles. The van der Waals surface area contributed by atoms with Crippen molar-refractivity contribution in [2.24, 2.45) is 0 Å². The molecule has 5 rings (SSSR count). The first-order valence-corrected chi connectivity index (χ1v) is 12.1. The second-order valence-corrected chi connectivity index (χ2v) is 10.0. The van der Waals surface area contributed by atoms with Crippen molar-refractivity contribution < 1.29 is 18.8 Å². The number of nitrogens with zero attached hydrogens (tertiary/aromatic N) is 5. The number of carbonyl (C=O) groups is 1. The fourth-order valence-electron chi connectivity index (χ4n) is 4.10. The summed E-state index contributed by atoms with van der Waals surface area (Å²) < 4.78 is 18.6. The van der Waals surface area contributed by atoms with E-state index in [0.717, 1.165) is 59.7 Å². The van der Waals surface area contributed by atoms with Crippen LogP contribution in [0.1, 0.15) is 61.2 Å². The first kappa shape index (κ1) is 23.9. The molecule has 1 N–H and O–H groups in total. The van der Waals surface area contributed by atoms with Crippen LogP contribution in [-0.4, -0.2) is 50.0 Å². The van der Waals surface area contributed by atoms with Gasteiger partial charge in [0.2, 0.25) is 5.89 Å². The number of aromatic nitrogens is 5. The minimum atomic E-state index is -0.375. The molecule has 0 spiro atoms. The van der Waals surface area contributed by atoms with Crippen molar-refractivity contribution in [3.8, 4) is 17.0 Å².